The van der Waals surface area contributed by atoms with Gasteiger partial charge in [-0.3, -0.25) is 4.79 Å². The summed E-state index contributed by atoms with van der Waals surface area (Å²) < 4.78 is 1.57. The van der Waals surface area contributed by atoms with Crippen LogP contribution in [0.25, 0.3) is 5.69 Å². The first kappa shape index (κ1) is 13.6. The summed E-state index contributed by atoms with van der Waals surface area (Å²) in [5, 5.41) is 16.4. The van der Waals surface area contributed by atoms with Crippen molar-refractivity contribution >= 4 is 17.5 Å². The van der Waals surface area contributed by atoms with E-state index in [4.69, 9.17) is 16.7 Å². The lowest BCUT2D eigenvalue weighted by Gasteiger charge is -2.05. The first-order valence-corrected chi connectivity index (χ1v) is 6.21. The van der Waals surface area contributed by atoms with E-state index in [1.807, 2.05) is 12.1 Å². The van der Waals surface area contributed by atoms with E-state index < -0.39 is 6.10 Å². The number of benzene rings is 1. The SMILES string of the molecule is CC(O)CNC(=O)c1cnn(-c2cccc(Cl)c2)c1. The van der Waals surface area contributed by atoms with Crippen molar-refractivity contribution in [2.75, 3.05) is 6.54 Å². The van der Waals surface area contributed by atoms with Crippen molar-refractivity contribution in [3.8, 4) is 5.69 Å². The second-order valence-electron chi connectivity index (χ2n) is 4.21. The molecule has 1 aromatic heterocycles. The van der Waals surface area contributed by atoms with E-state index in [1.165, 1.54) is 6.20 Å². The van der Waals surface area contributed by atoms with Crippen LogP contribution in [0.3, 0.4) is 0 Å². The Morgan fingerprint density at radius 3 is 3.05 bits per heavy atom. The summed E-state index contributed by atoms with van der Waals surface area (Å²) in [6, 6.07) is 7.18. The van der Waals surface area contributed by atoms with Gasteiger partial charge in [-0.25, -0.2) is 4.68 Å². The predicted molar refractivity (Wildman–Crippen MR) is 72.6 cm³/mol. The summed E-state index contributed by atoms with van der Waals surface area (Å²) in [7, 11) is 0. The minimum absolute atomic E-state index is 0.210. The first-order valence-electron chi connectivity index (χ1n) is 5.83. The number of hydrogen-bond donors (Lipinski definition) is 2. The Bertz CT molecular complexity index is 581. The molecule has 19 heavy (non-hydrogen) atoms. The molecule has 0 aliphatic heterocycles. The van der Waals surface area contributed by atoms with E-state index >= 15 is 0 Å². The smallest absolute Gasteiger partial charge is 0.254 e. The monoisotopic (exact) mass is 279 g/mol. The minimum atomic E-state index is -0.577. The van der Waals surface area contributed by atoms with Crippen LogP contribution in [0, 0.1) is 0 Å². The molecule has 0 fully saturated rings. The van der Waals surface area contributed by atoms with Gasteiger partial charge in [0.1, 0.15) is 0 Å². The van der Waals surface area contributed by atoms with Gasteiger partial charge in [-0.05, 0) is 25.1 Å². The average Bonchev–Trinajstić information content (AvgIpc) is 2.85. The third-order valence-corrected chi connectivity index (χ3v) is 2.71. The van der Waals surface area contributed by atoms with Crippen molar-refractivity contribution in [1.29, 1.82) is 0 Å². The zero-order valence-electron chi connectivity index (χ0n) is 10.4. The third-order valence-electron chi connectivity index (χ3n) is 2.48. The van der Waals surface area contributed by atoms with E-state index in [0.717, 1.165) is 5.69 Å². The predicted octanol–water partition coefficient (Wildman–Crippen LogP) is 1.64. The maximum absolute atomic E-state index is 11.8. The highest BCUT2D eigenvalue weighted by Gasteiger charge is 2.10. The molecule has 1 heterocycles. The lowest BCUT2D eigenvalue weighted by Crippen LogP contribution is -2.30. The van der Waals surface area contributed by atoms with E-state index in [-0.39, 0.29) is 12.5 Å². The van der Waals surface area contributed by atoms with Crippen molar-refractivity contribution < 1.29 is 9.90 Å². The highest BCUT2D eigenvalue weighted by atomic mass is 35.5. The van der Waals surface area contributed by atoms with Crippen molar-refractivity contribution in [3.63, 3.8) is 0 Å². The van der Waals surface area contributed by atoms with Gasteiger partial charge in [-0.1, -0.05) is 17.7 Å². The Morgan fingerprint density at radius 2 is 2.37 bits per heavy atom. The fourth-order valence-corrected chi connectivity index (χ4v) is 1.73. The summed E-state index contributed by atoms with van der Waals surface area (Å²) in [4.78, 5) is 11.8. The number of hydrogen-bond acceptors (Lipinski definition) is 3. The Labute approximate surface area is 115 Å². The lowest BCUT2D eigenvalue weighted by molar-refractivity contribution is 0.0924. The Kier molecular flexibility index (Phi) is 4.19. The van der Waals surface area contributed by atoms with Gasteiger partial charge in [0.25, 0.3) is 5.91 Å². The molecule has 0 bridgehead atoms. The number of amides is 1. The van der Waals surface area contributed by atoms with Crippen molar-refractivity contribution in [2.45, 2.75) is 13.0 Å². The fraction of sp³-hybridized carbons (Fsp3) is 0.231. The molecule has 0 spiro atoms. The van der Waals surface area contributed by atoms with Gasteiger partial charge in [0.2, 0.25) is 0 Å². The van der Waals surface area contributed by atoms with Crippen LogP contribution < -0.4 is 5.32 Å². The van der Waals surface area contributed by atoms with Gasteiger partial charge in [-0.2, -0.15) is 5.10 Å². The molecule has 0 radical (unpaired) electrons. The molecule has 2 rings (SSSR count). The molecule has 0 aliphatic carbocycles. The van der Waals surface area contributed by atoms with Crippen molar-refractivity contribution in [3.05, 3.63) is 47.2 Å². The summed E-state index contributed by atoms with van der Waals surface area (Å²) >= 11 is 5.90. The molecule has 0 saturated heterocycles. The number of aromatic nitrogens is 2. The zero-order valence-corrected chi connectivity index (χ0v) is 11.1. The number of aliphatic hydroxyl groups is 1. The van der Waals surface area contributed by atoms with Gasteiger partial charge in [0.15, 0.2) is 0 Å². The number of halogens is 1. The molecule has 0 saturated carbocycles. The maximum Gasteiger partial charge on any atom is 0.254 e. The molecule has 0 aliphatic rings. The first-order chi connectivity index (χ1) is 9.06. The van der Waals surface area contributed by atoms with E-state index in [2.05, 4.69) is 10.4 Å². The summed E-state index contributed by atoms with van der Waals surface area (Å²) in [6.07, 6.45) is 2.51. The Balaban J connectivity index is 2.13. The van der Waals surface area contributed by atoms with Crippen molar-refractivity contribution in [2.24, 2.45) is 0 Å². The Morgan fingerprint density at radius 1 is 1.58 bits per heavy atom. The number of aliphatic hydroxyl groups excluding tert-OH is 1. The van der Waals surface area contributed by atoms with Gasteiger partial charge >= 0.3 is 0 Å². The Hall–Kier alpha value is -1.85. The molecule has 2 aromatic rings. The number of rotatable bonds is 4. The zero-order chi connectivity index (χ0) is 13.8. The van der Waals surface area contributed by atoms with E-state index in [1.54, 1.807) is 29.9 Å². The number of carbonyl (C=O) groups is 1. The van der Waals surface area contributed by atoms with E-state index in [9.17, 15) is 4.79 Å². The minimum Gasteiger partial charge on any atom is -0.392 e. The topological polar surface area (TPSA) is 67.2 Å². The largest absolute Gasteiger partial charge is 0.392 e. The average molecular weight is 280 g/mol. The third kappa shape index (κ3) is 3.56. The number of nitrogens with one attached hydrogen (secondary N) is 1. The van der Waals surface area contributed by atoms with Crippen molar-refractivity contribution in [1.82, 2.24) is 15.1 Å². The highest BCUT2D eigenvalue weighted by molar-refractivity contribution is 6.30. The molecule has 1 aromatic carbocycles. The van der Waals surface area contributed by atoms with Gasteiger partial charge in [-0.15, -0.1) is 0 Å². The van der Waals surface area contributed by atoms with Crippen LogP contribution in [0.15, 0.2) is 36.7 Å². The van der Waals surface area contributed by atoms with Crippen LogP contribution in [0.1, 0.15) is 17.3 Å². The van der Waals surface area contributed by atoms with Gasteiger partial charge < -0.3 is 10.4 Å². The second-order valence-corrected chi connectivity index (χ2v) is 4.65. The molecule has 1 atom stereocenters. The van der Waals surface area contributed by atoms with Crippen LogP contribution in [0.5, 0.6) is 0 Å². The fourth-order valence-electron chi connectivity index (χ4n) is 1.54. The number of nitrogens with zero attached hydrogens (tertiary/aromatic N) is 2. The highest BCUT2D eigenvalue weighted by Crippen LogP contribution is 2.14. The summed E-state index contributed by atoms with van der Waals surface area (Å²) in [5.74, 6) is -0.269. The quantitative estimate of drug-likeness (QED) is 0.894. The van der Waals surface area contributed by atoms with Gasteiger partial charge in [0, 0.05) is 17.8 Å². The van der Waals surface area contributed by atoms with Crippen LogP contribution in [-0.4, -0.2) is 33.4 Å². The maximum atomic E-state index is 11.8. The normalized spacial score (nSPS) is 12.2. The van der Waals surface area contributed by atoms with Crippen LogP contribution >= 0.6 is 11.6 Å². The lowest BCUT2D eigenvalue weighted by atomic mass is 10.3. The van der Waals surface area contributed by atoms with Gasteiger partial charge in [0.05, 0.1) is 23.6 Å². The molecule has 1 amide bonds. The molecule has 5 nitrogen and oxygen atoms in total. The summed E-state index contributed by atoms with van der Waals surface area (Å²) in [5.41, 5.74) is 1.21. The van der Waals surface area contributed by atoms with Crippen LogP contribution in [0.2, 0.25) is 5.02 Å². The standard InChI is InChI=1S/C13H14ClN3O2/c1-9(18)6-15-13(19)10-7-16-17(8-10)12-4-2-3-11(14)5-12/h2-5,7-9,18H,6H2,1H3,(H,15,19). The number of carbonyl (C=O) groups excluding carboxylic acids is 1. The molecular weight excluding hydrogens is 266 g/mol. The molecule has 2 N–H and O–H groups in total. The van der Waals surface area contributed by atoms with Crippen LogP contribution in [-0.2, 0) is 0 Å². The summed E-state index contributed by atoms with van der Waals surface area (Å²) in [6.45, 7) is 1.82. The van der Waals surface area contributed by atoms with E-state index in [0.29, 0.717) is 10.6 Å². The second kappa shape index (κ2) is 5.86. The molecule has 6 heteroatoms. The van der Waals surface area contributed by atoms with Crippen LogP contribution in [0.4, 0.5) is 0 Å². The molecule has 1 unspecified atom stereocenters. The molecule has 100 valence electrons. The molecular formula is C13H14ClN3O2.